The van der Waals surface area contributed by atoms with Crippen LogP contribution in [0.4, 0.5) is 0 Å². The first-order chi connectivity index (χ1) is 13.4. The summed E-state index contributed by atoms with van der Waals surface area (Å²) in [5.41, 5.74) is 2.94. The number of ketones is 1. The molecule has 4 rings (SSSR count). The van der Waals surface area contributed by atoms with Gasteiger partial charge in [-0.15, -0.1) is 0 Å². The van der Waals surface area contributed by atoms with Gasteiger partial charge < -0.3 is 20.8 Å². The van der Waals surface area contributed by atoms with Crippen molar-refractivity contribution in [1.82, 2.24) is 5.32 Å². The van der Waals surface area contributed by atoms with Crippen LogP contribution in [0.25, 0.3) is 5.41 Å². The Morgan fingerprint density at radius 3 is 2.43 bits per heavy atom. The minimum atomic E-state index is -0.335. The largest absolute Gasteiger partial charge is 0.763 e. The number of ether oxygens (including phenoxy) is 1. The van der Waals surface area contributed by atoms with Crippen LogP contribution in [0.15, 0.2) is 47.2 Å². The van der Waals surface area contributed by atoms with Crippen molar-refractivity contribution in [3.05, 3.63) is 58.1 Å². The van der Waals surface area contributed by atoms with E-state index in [4.69, 9.17) is 17.0 Å². The van der Waals surface area contributed by atoms with Gasteiger partial charge in [-0.2, -0.15) is 0 Å². The van der Waals surface area contributed by atoms with E-state index in [2.05, 4.69) is 30.4 Å². The normalized spacial score (nSPS) is 23.8. The fourth-order valence-corrected chi connectivity index (χ4v) is 4.22. The standard InChI is InChI=1S/C18H17N2OS.C4H9NO/c1-18(2)8-13-16(14(21)9-18)15(11-6-4-3-5-7-11)12(10-19)17(22)20-13;1-3-6-4-2-5-1/h3-7,15H,8-9H2,1-2H3,(H,20,22);5H,1-4H2/q-1;/p+1. The molecule has 6 heteroatoms. The van der Waals surface area contributed by atoms with Gasteiger partial charge in [0.2, 0.25) is 0 Å². The monoisotopic (exact) mass is 397 g/mol. The van der Waals surface area contributed by atoms with E-state index in [1.807, 2.05) is 30.3 Å². The third-order valence-corrected chi connectivity index (χ3v) is 5.51. The number of nitrogens with two attached hydrogens (primary N) is 1. The first-order valence-electron chi connectivity index (χ1n) is 9.72. The highest BCUT2D eigenvalue weighted by molar-refractivity contribution is 7.80. The smallest absolute Gasteiger partial charge is 0.162 e. The Bertz CT molecular complexity index is 823. The van der Waals surface area contributed by atoms with E-state index in [-0.39, 0.29) is 17.1 Å². The Morgan fingerprint density at radius 1 is 1.21 bits per heavy atom. The molecule has 148 valence electrons. The lowest BCUT2D eigenvalue weighted by molar-refractivity contribution is -0.670. The van der Waals surface area contributed by atoms with Crippen LogP contribution in [-0.4, -0.2) is 42.9 Å². The van der Waals surface area contributed by atoms with Crippen LogP contribution in [0, 0.1) is 5.41 Å². The van der Waals surface area contributed by atoms with Gasteiger partial charge in [0.05, 0.1) is 26.3 Å². The number of hydrogen-bond acceptors (Lipinski definition) is 3. The molecule has 1 aromatic carbocycles. The van der Waals surface area contributed by atoms with E-state index in [9.17, 15) is 10.2 Å². The average Bonchev–Trinajstić information content (AvgIpc) is 2.68. The van der Waals surface area contributed by atoms with E-state index in [1.54, 1.807) is 0 Å². The number of quaternary nitrogens is 1. The molecule has 28 heavy (non-hydrogen) atoms. The second kappa shape index (κ2) is 8.93. The highest BCUT2D eigenvalue weighted by atomic mass is 32.1. The Balaban J connectivity index is 0.000000320. The molecule has 0 bridgehead atoms. The molecular formula is C22H27N3O2S. The molecule has 0 amide bonds. The van der Waals surface area contributed by atoms with Crippen LogP contribution >= 0.6 is 12.2 Å². The van der Waals surface area contributed by atoms with Gasteiger partial charge in [-0.25, -0.2) is 0 Å². The SMILES string of the molecule is C1COCC[NH2+]1.CC1(C)CC(=O)C2=C(C1)NC(=S)C(=C=[N-])C2c1ccccc1. The van der Waals surface area contributed by atoms with Crippen LogP contribution in [0.3, 0.4) is 0 Å². The van der Waals surface area contributed by atoms with Gasteiger partial charge in [0.25, 0.3) is 0 Å². The summed E-state index contributed by atoms with van der Waals surface area (Å²) < 4.78 is 5.04. The van der Waals surface area contributed by atoms with Gasteiger partial charge in [-0.05, 0) is 17.4 Å². The van der Waals surface area contributed by atoms with Gasteiger partial charge in [-0.1, -0.05) is 56.4 Å². The van der Waals surface area contributed by atoms with Crippen LogP contribution < -0.4 is 10.6 Å². The van der Waals surface area contributed by atoms with E-state index < -0.39 is 0 Å². The highest BCUT2D eigenvalue weighted by Gasteiger charge is 2.41. The minimum Gasteiger partial charge on any atom is -0.763 e. The molecule has 0 spiro atoms. The lowest BCUT2D eigenvalue weighted by Crippen LogP contribution is -2.87. The number of morpholine rings is 1. The second-order valence-electron chi connectivity index (χ2n) is 8.13. The fraction of sp³-hybridized carbons (Fsp3) is 0.455. The zero-order valence-electron chi connectivity index (χ0n) is 16.5. The summed E-state index contributed by atoms with van der Waals surface area (Å²) in [7, 11) is 0. The Morgan fingerprint density at radius 2 is 1.89 bits per heavy atom. The van der Waals surface area contributed by atoms with Crippen LogP contribution in [-0.2, 0) is 9.53 Å². The molecular weight excluding hydrogens is 370 g/mol. The van der Waals surface area contributed by atoms with Crippen LogP contribution in [0.2, 0.25) is 0 Å². The predicted octanol–water partition coefficient (Wildman–Crippen LogP) is 2.09. The molecule has 1 atom stereocenters. The Kier molecular flexibility index (Phi) is 6.57. The first kappa shape index (κ1) is 20.6. The molecule has 5 nitrogen and oxygen atoms in total. The van der Waals surface area contributed by atoms with Gasteiger partial charge in [-0.3, -0.25) is 10.7 Å². The Labute approximate surface area is 171 Å². The molecule has 1 saturated heterocycles. The van der Waals surface area contributed by atoms with Crippen molar-refractivity contribution in [3.63, 3.8) is 0 Å². The molecule has 3 N–H and O–H groups in total. The summed E-state index contributed by atoms with van der Waals surface area (Å²) in [4.78, 5) is 13.2. The van der Waals surface area contributed by atoms with Crippen molar-refractivity contribution in [2.24, 2.45) is 5.41 Å². The Hall–Kier alpha value is -2.11. The van der Waals surface area contributed by atoms with Crippen LogP contribution in [0.1, 0.15) is 38.2 Å². The second-order valence-corrected chi connectivity index (χ2v) is 8.54. The summed E-state index contributed by atoms with van der Waals surface area (Å²) in [5, 5.41) is 14.9. The van der Waals surface area contributed by atoms with Gasteiger partial charge >= 0.3 is 0 Å². The number of benzene rings is 1. The molecule has 0 aromatic heterocycles. The van der Waals surface area contributed by atoms with Crippen molar-refractivity contribution in [3.8, 4) is 0 Å². The predicted molar refractivity (Wildman–Crippen MR) is 114 cm³/mol. The van der Waals surface area contributed by atoms with E-state index in [1.165, 1.54) is 0 Å². The number of thiocarbonyl (C=S) groups is 1. The topological polar surface area (TPSA) is 77.2 Å². The molecule has 1 unspecified atom stereocenters. The summed E-state index contributed by atoms with van der Waals surface area (Å²) in [6, 6.07) is 9.68. The summed E-state index contributed by atoms with van der Waals surface area (Å²) in [5.74, 6) is 1.98. The van der Waals surface area contributed by atoms with Gasteiger partial charge in [0, 0.05) is 29.2 Å². The molecule has 3 aliphatic rings. The number of hydrogen-bond donors (Lipinski definition) is 2. The third kappa shape index (κ3) is 4.65. The number of Topliss-reactive ketones (excluding diaryl/α,β-unsaturated/α-hetero) is 1. The summed E-state index contributed by atoms with van der Waals surface area (Å²) in [6.45, 7) is 8.36. The van der Waals surface area contributed by atoms with Crippen molar-refractivity contribution in [1.29, 1.82) is 0 Å². The molecule has 2 aliphatic heterocycles. The maximum absolute atomic E-state index is 12.7. The van der Waals surface area contributed by atoms with Crippen molar-refractivity contribution >= 4 is 28.9 Å². The quantitative estimate of drug-likeness (QED) is 0.432. The van der Waals surface area contributed by atoms with Crippen molar-refractivity contribution in [2.45, 2.75) is 32.6 Å². The van der Waals surface area contributed by atoms with E-state index in [0.29, 0.717) is 17.0 Å². The molecule has 1 fully saturated rings. The van der Waals surface area contributed by atoms with Gasteiger partial charge in [0.15, 0.2) is 5.78 Å². The molecule has 0 saturated carbocycles. The number of carbonyl (C=O) groups excluding carboxylic acids is 1. The minimum absolute atomic E-state index is 0.0794. The summed E-state index contributed by atoms with van der Waals surface area (Å²) >= 11 is 5.37. The maximum Gasteiger partial charge on any atom is 0.162 e. The number of nitrogens with one attached hydrogen (secondary N) is 1. The highest BCUT2D eigenvalue weighted by Crippen LogP contribution is 2.45. The average molecular weight is 398 g/mol. The lowest BCUT2D eigenvalue weighted by atomic mass is 9.69. The molecule has 0 radical (unpaired) electrons. The number of nitrogens with zero attached hydrogens (tertiary/aromatic N) is 1. The number of allylic oxidation sites excluding steroid dienone is 2. The van der Waals surface area contributed by atoms with Crippen molar-refractivity contribution < 1.29 is 14.8 Å². The summed E-state index contributed by atoms with van der Waals surface area (Å²) in [6.07, 6.45) is 1.28. The molecule has 1 aliphatic carbocycles. The van der Waals surface area contributed by atoms with E-state index >= 15 is 0 Å². The number of rotatable bonds is 1. The third-order valence-electron chi connectivity index (χ3n) is 5.19. The maximum atomic E-state index is 12.7. The molecule has 1 aromatic rings. The zero-order chi connectivity index (χ0) is 20.1. The lowest BCUT2D eigenvalue weighted by Gasteiger charge is -2.39. The van der Waals surface area contributed by atoms with E-state index in [0.717, 1.165) is 49.6 Å². The van der Waals surface area contributed by atoms with Crippen LogP contribution in [0.5, 0.6) is 0 Å². The first-order valence-corrected chi connectivity index (χ1v) is 10.1. The zero-order valence-corrected chi connectivity index (χ0v) is 17.3. The van der Waals surface area contributed by atoms with Crippen molar-refractivity contribution in [2.75, 3.05) is 26.3 Å². The number of carbonyl (C=O) groups is 1. The van der Waals surface area contributed by atoms with Gasteiger partial charge in [0.1, 0.15) is 4.99 Å². The molecule has 2 heterocycles. The fourth-order valence-electron chi connectivity index (χ4n) is 3.93.